The van der Waals surface area contributed by atoms with E-state index in [2.05, 4.69) is 11.4 Å². The van der Waals surface area contributed by atoms with Gasteiger partial charge in [0.15, 0.2) is 0 Å². The molecule has 0 saturated carbocycles. The zero-order valence-electron chi connectivity index (χ0n) is 14.3. The predicted octanol–water partition coefficient (Wildman–Crippen LogP) is 3.33. The normalized spacial score (nSPS) is 23.3. The molecule has 5 heteroatoms. The Morgan fingerprint density at radius 3 is 2.96 bits per heavy atom. The molecule has 5 nitrogen and oxygen atoms in total. The van der Waals surface area contributed by atoms with E-state index in [-0.39, 0.29) is 11.8 Å². The number of rotatable bonds is 4. The minimum Gasteiger partial charge on any atom is -0.497 e. The van der Waals surface area contributed by atoms with Gasteiger partial charge in [-0.15, -0.1) is 0 Å². The number of nitrogens with zero attached hydrogens (tertiary/aromatic N) is 1. The fourth-order valence-electron chi connectivity index (χ4n) is 3.82. The van der Waals surface area contributed by atoms with E-state index >= 15 is 0 Å². The van der Waals surface area contributed by atoms with Gasteiger partial charge in [-0.1, -0.05) is 12.1 Å². The summed E-state index contributed by atoms with van der Waals surface area (Å²) in [5.41, 5.74) is 1.03. The molecule has 3 rings (SSSR count). The van der Waals surface area contributed by atoms with Gasteiger partial charge in [0, 0.05) is 30.4 Å². The third kappa shape index (κ3) is 2.79. The maximum atomic E-state index is 13.2. The summed E-state index contributed by atoms with van der Waals surface area (Å²) in [6.07, 6.45) is 5.78. The maximum absolute atomic E-state index is 13.2. The smallest absolute Gasteiger partial charge is 0.236 e. The Labute approximate surface area is 142 Å². The largest absolute Gasteiger partial charge is 0.497 e. The second kappa shape index (κ2) is 6.67. The molecule has 1 aliphatic heterocycles. The summed E-state index contributed by atoms with van der Waals surface area (Å²) >= 11 is 0. The number of carbonyl (C=O) groups is 2. The number of fused-ring (bicyclic) bond motifs is 1. The fraction of sp³-hybridized carbons (Fsp3) is 0.474. The monoisotopic (exact) mass is 328 g/mol. The molecule has 1 aromatic carbocycles. The summed E-state index contributed by atoms with van der Waals surface area (Å²) in [5.74, 6) is 0.807. The second-order valence-corrected chi connectivity index (χ2v) is 6.39. The van der Waals surface area contributed by atoms with E-state index in [1.807, 2.05) is 31.2 Å². The van der Waals surface area contributed by atoms with Crippen molar-refractivity contribution in [2.45, 2.75) is 39.0 Å². The number of methoxy groups -OCH3 is 1. The highest BCUT2D eigenvalue weighted by molar-refractivity contribution is 5.99. The average Bonchev–Trinajstić information content (AvgIpc) is 2.61. The van der Waals surface area contributed by atoms with Gasteiger partial charge in [0.05, 0.1) is 12.5 Å². The van der Waals surface area contributed by atoms with Gasteiger partial charge in [-0.25, -0.2) is 0 Å². The first-order valence-electron chi connectivity index (χ1n) is 8.57. The lowest BCUT2D eigenvalue weighted by Gasteiger charge is -2.45. The fourth-order valence-corrected chi connectivity index (χ4v) is 3.82. The van der Waals surface area contributed by atoms with E-state index < -0.39 is 5.41 Å². The van der Waals surface area contributed by atoms with Crippen LogP contribution in [-0.2, 0) is 9.59 Å². The van der Waals surface area contributed by atoms with Crippen LogP contribution in [0.25, 0.3) is 0 Å². The minimum absolute atomic E-state index is 0.0207. The molecule has 2 aliphatic rings. The minimum atomic E-state index is -0.592. The number of ether oxygens (including phenoxy) is 1. The van der Waals surface area contributed by atoms with Gasteiger partial charge < -0.3 is 15.0 Å². The van der Waals surface area contributed by atoms with Gasteiger partial charge in [-0.05, 0) is 44.7 Å². The Morgan fingerprint density at radius 2 is 2.21 bits per heavy atom. The van der Waals surface area contributed by atoms with Gasteiger partial charge >= 0.3 is 0 Å². The lowest BCUT2D eigenvalue weighted by atomic mass is 9.69. The first-order chi connectivity index (χ1) is 11.6. The summed E-state index contributed by atoms with van der Waals surface area (Å²) in [6, 6.07) is 7.37. The molecule has 0 aromatic heterocycles. The standard InChI is InChI=1S/C19H24N2O3/c1-3-21-16-9-4-5-11-19(16,12-10-17(21)22)18(23)20-14-7-6-8-15(13-14)24-2/h6-9,13H,3-5,10-12H2,1-2H3,(H,20,23). The molecule has 128 valence electrons. The molecule has 1 atom stereocenters. The number of piperidine rings is 1. The number of amides is 2. The van der Waals surface area contributed by atoms with Gasteiger partial charge in [-0.3, -0.25) is 9.59 Å². The molecule has 24 heavy (non-hydrogen) atoms. The van der Waals surface area contributed by atoms with Crippen LogP contribution in [-0.4, -0.2) is 30.4 Å². The number of likely N-dealkylation sites (tertiary alicyclic amines) is 1. The SMILES string of the molecule is CCN1C(=O)CCC2(C(=O)Nc3cccc(OC)c3)CCCC=C12. The predicted molar refractivity (Wildman–Crippen MR) is 92.6 cm³/mol. The summed E-state index contributed by atoms with van der Waals surface area (Å²) in [4.78, 5) is 27.2. The highest BCUT2D eigenvalue weighted by Gasteiger charge is 2.49. The Balaban J connectivity index is 1.90. The lowest BCUT2D eigenvalue weighted by molar-refractivity contribution is -0.138. The summed E-state index contributed by atoms with van der Waals surface area (Å²) in [5, 5.41) is 3.04. The zero-order chi connectivity index (χ0) is 17.2. The van der Waals surface area contributed by atoms with Crippen LogP contribution in [0.15, 0.2) is 36.0 Å². The van der Waals surface area contributed by atoms with Crippen molar-refractivity contribution in [3.8, 4) is 5.75 Å². The van der Waals surface area contributed by atoms with Crippen molar-refractivity contribution in [1.29, 1.82) is 0 Å². The van der Waals surface area contributed by atoms with Gasteiger partial charge in [0.2, 0.25) is 11.8 Å². The van der Waals surface area contributed by atoms with E-state index in [0.29, 0.717) is 25.1 Å². The van der Waals surface area contributed by atoms with Gasteiger partial charge in [0.25, 0.3) is 0 Å². The van der Waals surface area contributed by atoms with E-state index in [4.69, 9.17) is 4.74 Å². The van der Waals surface area contributed by atoms with Crippen molar-refractivity contribution in [2.24, 2.45) is 5.41 Å². The molecular weight excluding hydrogens is 304 g/mol. The van der Waals surface area contributed by atoms with Crippen molar-refractivity contribution >= 4 is 17.5 Å². The lowest BCUT2D eigenvalue weighted by Crippen LogP contribution is -2.51. The molecule has 0 bridgehead atoms. The van der Waals surface area contributed by atoms with Gasteiger partial charge in [-0.2, -0.15) is 0 Å². The highest BCUT2D eigenvalue weighted by atomic mass is 16.5. The second-order valence-electron chi connectivity index (χ2n) is 6.39. The molecule has 0 spiro atoms. The summed E-state index contributed by atoms with van der Waals surface area (Å²) < 4.78 is 5.22. The Bertz CT molecular complexity index is 683. The molecule has 1 aromatic rings. The Hall–Kier alpha value is -2.30. The topological polar surface area (TPSA) is 58.6 Å². The van der Waals surface area contributed by atoms with E-state index in [9.17, 15) is 9.59 Å². The van der Waals surface area contributed by atoms with Crippen molar-refractivity contribution in [3.05, 3.63) is 36.0 Å². The van der Waals surface area contributed by atoms with E-state index in [0.717, 1.165) is 30.6 Å². The van der Waals surface area contributed by atoms with E-state index in [1.54, 1.807) is 12.0 Å². The van der Waals surface area contributed by atoms with Crippen LogP contribution >= 0.6 is 0 Å². The van der Waals surface area contributed by atoms with Crippen LogP contribution in [0.1, 0.15) is 39.0 Å². The van der Waals surface area contributed by atoms with Crippen molar-refractivity contribution in [1.82, 2.24) is 4.90 Å². The van der Waals surface area contributed by atoms with Crippen LogP contribution in [0.2, 0.25) is 0 Å². The van der Waals surface area contributed by atoms with Crippen molar-refractivity contribution in [3.63, 3.8) is 0 Å². The molecule has 1 heterocycles. The highest BCUT2D eigenvalue weighted by Crippen LogP contribution is 2.47. The summed E-state index contributed by atoms with van der Waals surface area (Å²) in [6.45, 7) is 2.57. The van der Waals surface area contributed by atoms with Crippen molar-refractivity contribution in [2.75, 3.05) is 19.0 Å². The molecule has 1 aliphatic carbocycles. The number of allylic oxidation sites excluding steroid dienone is 1. The number of anilines is 1. The number of carbonyl (C=O) groups excluding carboxylic acids is 2. The number of nitrogens with one attached hydrogen (secondary N) is 1. The average molecular weight is 328 g/mol. The molecule has 1 saturated heterocycles. The first-order valence-corrected chi connectivity index (χ1v) is 8.57. The van der Waals surface area contributed by atoms with Crippen LogP contribution in [0.4, 0.5) is 5.69 Å². The van der Waals surface area contributed by atoms with E-state index in [1.165, 1.54) is 0 Å². The number of hydrogen-bond acceptors (Lipinski definition) is 3. The molecule has 1 N–H and O–H groups in total. The number of hydrogen-bond donors (Lipinski definition) is 1. The van der Waals surface area contributed by atoms with Gasteiger partial charge in [0.1, 0.15) is 5.75 Å². The zero-order valence-corrected chi connectivity index (χ0v) is 14.3. The first kappa shape index (κ1) is 16.6. The van der Waals surface area contributed by atoms with Crippen molar-refractivity contribution < 1.29 is 14.3 Å². The molecular formula is C19H24N2O3. The third-order valence-corrected chi connectivity index (χ3v) is 5.07. The maximum Gasteiger partial charge on any atom is 0.236 e. The quantitative estimate of drug-likeness (QED) is 0.922. The molecule has 1 unspecified atom stereocenters. The molecule has 2 amide bonds. The van der Waals surface area contributed by atoms with Crippen LogP contribution in [0, 0.1) is 5.41 Å². The molecule has 1 fully saturated rings. The van der Waals surface area contributed by atoms with Crippen LogP contribution in [0.3, 0.4) is 0 Å². The number of benzene rings is 1. The Morgan fingerprint density at radius 1 is 1.38 bits per heavy atom. The van der Waals surface area contributed by atoms with Crippen LogP contribution in [0.5, 0.6) is 5.75 Å². The summed E-state index contributed by atoms with van der Waals surface area (Å²) in [7, 11) is 1.60. The molecule has 0 radical (unpaired) electrons. The van der Waals surface area contributed by atoms with Crippen LogP contribution < -0.4 is 10.1 Å². The third-order valence-electron chi connectivity index (χ3n) is 5.07. The Kier molecular flexibility index (Phi) is 4.60.